The fraction of sp³-hybridized carbons (Fsp3) is 0.111. The standard InChI is InChI=1S/C9H8F3N3OS/c10-9(11,12)7(16)14-15-8(17)13-6-4-2-1-3-5-6/h1-5H,(H,14,16)(H2,13,15,17). The maximum Gasteiger partial charge on any atom is 0.472 e. The van der Waals surface area contributed by atoms with E-state index in [0.29, 0.717) is 5.69 Å². The van der Waals surface area contributed by atoms with Crippen LogP contribution in [0.4, 0.5) is 18.9 Å². The third-order valence-electron chi connectivity index (χ3n) is 1.58. The lowest BCUT2D eigenvalue weighted by Gasteiger charge is -2.12. The third kappa shape index (κ3) is 4.68. The predicted octanol–water partition coefficient (Wildman–Crippen LogP) is 1.57. The minimum Gasteiger partial charge on any atom is -0.331 e. The van der Waals surface area contributed by atoms with Crippen LogP contribution in [-0.4, -0.2) is 17.2 Å². The summed E-state index contributed by atoms with van der Waals surface area (Å²) in [6.45, 7) is 0. The van der Waals surface area contributed by atoms with Crippen LogP contribution in [0.3, 0.4) is 0 Å². The van der Waals surface area contributed by atoms with Gasteiger partial charge in [-0.3, -0.25) is 15.6 Å². The van der Waals surface area contributed by atoms with Crippen molar-refractivity contribution in [1.29, 1.82) is 0 Å². The summed E-state index contributed by atoms with van der Waals surface area (Å²) in [5.74, 6) is -2.12. The Kier molecular flexibility index (Phi) is 4.27. The number of carbonyl (C=O) groups is 1. The Balaban J connectivity index is 2.39. The molecule has 0 aliphatic heterocycles. The second-order valence-corrected chi connectivity index (χ2v) is 3.31. The molecule has 0 aliphatic carbocycles. The molecule has 92 valence electrons. The lowest BCUT2D eigenvalue weighted by molar-refractivity contribution is -0.174. The van der Waals surface area contributed by atoms with E-state index in [-0.39, 0.29) is 5.11 Å². The van der Waals surface area contributed by atoms with Gasteiger partial charge in [-0.05, 0) is 24.4 Å². The number of hydrogen-bond donors (Lipinski definition) is 3. The monoisotopic (exact) mass is 263 g/mol. The average Bonchev–Trinajstić information content (AvgIpc) is 2.26. The van der Waals surface area contributed by atoms with Crippen LogP contribution < -0.4 is 16.2 Å². The van der Waals surface area contributed by atoms with Crippen molar-refractivity contribution in [3.8, 4) is 0 Å². The molecule has 3 N–H and O–H groups in total. The summed E-state index contributed by atoms with van der Waals surface area (Å²) in [4.78, 5) is 10.4. The molecule has 0 fully saturated rings. The van der Waals surface area contributed by atoms with Gasteiger partial charge in [0, 0.05) is 5.69 Å². The summed E-state index contributed by atoms with van der Waals surface area (Å²) in [5.41, 5.74) is 3.95. The van der Waals surface area contributed by atoms with Crippen LogP contribution in [0.2, 0.25) is 0 Å². The second kappa shape index (κ2) is 5.48. The van der Waals surface area contributed by atoms with Crippen molar-refractivity contribution in [1.82, 2.24) is 10.9 Å². The first kappa shape index (κ1) is 13.2. The van der Waals surface area contributed by atoms with E-state index in [1.165, 1.54) is 5.43 Å². The van der Waals surface area contributed by atoms with Crippen molar-refractivity contribution in [2.75, 3.05) is 5.32 Å². The summed E-state index contributed by atoms with van der Waals surface area (Å²) >= 11 is 4.67. The van der Waals surface area contributed by atoms with Gasteiger partial charge in [-0.25, -0.2) is 0 Å². The maximum atomic E-state index is 11.8. The SMILES string of the molecule is O=C(NNC(=S)Nc1ccccc1)C(F)(F)F. The lowest BCUT2D eigenvalue weighted by atomic mass is 10.3. The van der Waals surface area contributed by atoms with Crippen LogP contribution in [0.5, 0.6) is 0 Å². The molecule has 1 rings (SSSR count). The number of thiocarbonyl (C=S) groups is 1. The highest BCUT2D eigenvalue weighted by Crippen LogP contribution is 2.13. The van der Waals surface area contributed by atoms with E-state index in [0.717, 1.165) is 0 Å². The summed E-state index contributed by atoms with van der Waals surface area (Å²) in [6.07, 6.45) is -4.95. The van der Waals surface area contributed by atoms with Crippen LogP contribution in [0.1, 0.15) is 0 Å². The predicted molar refractivity (Wildman–Crippen MR) is 60.0 cm³/mol. The van der Waals surface area contributed by atoms with Crippen LogP contribution in [-0.2, 0) is 4.79 Å². The topological polar surface area (TPSA) is 53.2 Å². The van der Waals surface area contributed by atoms with Crippen molar-refractivity contribution in [3.63, 3.8) is 0 Å². The number of rotatable bonds is 1. The number of hydrogen-bond acceptors (Lipinski definition) is 2. The molecule has 0 heterocycles. The van der Waals surface area contributed by atoms with Crippen molar-refractivity contribution in [2.24, 2.45) is 0 Å². The third-order valence-corrected chi connectivity index (χ3v) is 1.78. The van der Waals surface area contributed by atoms with Crippen molar-refractivity contribution in [3.05, 3.63) is 30.3 Å². The van der Waals surface area contributed by atoms with E-state index in [1.54, 1.807) is 30.3 Å². The normalized spacial score (nSPS) is 10.5. The van der Waals surface area contributed by atoms with Crippen LogP contribution in [0, 0.1) is 0 Å². The average molecular weight is 263 g/mol. The molecule has 0 saturated carbocycles. The van der Waals surface area contributed by atoms with E-state index in [2.05, 4.69) is 17.5 Å². The minimum atomic E-state index is -4.95. The minimum absolute atomic E-state index is 0.145. The fourth-order valence-electron chi connectivity index (χ4n) is 0.868. The molecular formula is C9H8F3N3OS. The Morgan fingerprint density at radius 3 is 2.24 bits per heavy atom. The molecule has 0 radical (unpaired) electrons. The molecule has 1 aromatic rings. The summed E-state index contributed by atoms with van der Waals surface area (Å²) < 4.78 is 35.4. The van der Waals surface area contributed by atoms with Crippen LogP contribution in [0.15, 0.2) is 30.3 Å². The molecule has 0 spiro atoms. The van der Waals surface area contributed by atoms with Crippen LogP contribution in [0.25, 0.3) is 0 Å². The first-order valence-electron chi connectivity index (χ1n) is 4.39. The van der Waals surface area contributed by atoms with Gasteiger partial charge in [0.1, 0.15) is 0 Å². The molecule has 1 aromatic carbocycles. The van der Waals surface area contributed by atoms with Gasteiger partial charge >= 0.3 is 12.1 Å². The molecule has 4 nitrogen and oxygen atoms in total. The number of carbonyl (C=O) groups excluding carboxylic acids is 1. The highest BCUT2D eigenvalue weighted by molar-refractivity contribution is 7.80. The Hall–Kier alpha value is -1.83. The van der Waals surface area contributed by atoms with Gasteiger partial charge in [-0.15, -0.1) is 0 Å². The largest absolute Gasteiger partial charge is 0.472 e. The van der Waals surface area contributed by atoms with E-state index in [1.807, 2.05) is 5.43 Å². The fourth-order valence-corrected chi connectivity index (χ4v) is 1.04. The number of para-hydroxylation sites is 1. The van der Waals surface area contributed by atoms with Gasteiger partial charge in [-0.2, -0.15) is 13.2 Å². The smallest absolute Gasteiger partial charge is 0.331 e. The Labute approximate surface area is 100 Å². The van der Waals surface area contributed by atoms with Gasteiger partial charge in [0.25, 0.3) is 0 Å². The summed E-state index contributed by atoms with van der Waals surface area (Å²) in [5, 5.41) is 2.44. The Morgan fingerprint density at radius 2 is 1.71 bits per heavy atom. The zero-order chi connectivity index (χ0) is 12.9. The van der Waals surface area contributed by atoms with Crippen molar-refractivity contribution in [2.45, 2.75) is 6.18 Å². The van der Waals surface area contributed by atoms with E-state index in [4.69, 9.17) is 0 Å². The number of alkyl halides is 3. The van der Waals surface area contributed by atoms with Gasteiger partial charge in [0.2, 0.25) is 0 Å². The van der Waals surface area contributed by atoms with Gasteiger partial charge in [0.15, 0.2) is 5.11 Å². The highest BCUT2D eigenvalue weighted by Gasteiger charge is 2.38. The number of amides is 1. The van der Waals surface area contributed by atoms with E-state index >= 15 is 0 Å². The summed E-state index contributed by atoms with van der Waals surface area (Å²) in [6, 6.07) is 8.55. The lowest BCUT2D eigenvalue weighted by Crippen LogP contribution is -2.49. The van der Waals surface area contributed by atoms with Gasteiger partial charge < -0.3 is 5.32 Å². The van der Waals surface area contributed by atoms with E-state index in [9.17, 15) is 18.0 Å². The zero-order valence-electron chi connectivity index (χ0n) is 8.34. The number of anilines is 1. The molecule has 0 bridgehead atoms. The molecule has 1 amide bonds. The molecule has 0 aliphatic rings. The molecule has 0 atom stereocenters. The Morgan fingerprint density at radius 1 is 1.12 bits per heavy atom. The Bertz CT molecular complexity index is 408. The molecule has 0 saturated heterocycles. The number of hydrazine groups is 1. The number of nitrogens with one attached hydrogen (secondary N) is 3. The van der Waals surface area contributed by atoms with Gasteiger partial charge in [-0.1, -0.05) is 18.2 Å². The highest BCUT2D eigenvalue weighted by atomic mass is 32.1. The second-order valence-electron chi connectivity index (χ2n) is 2.90. The number of halogens is 3. The van der Waals surface area contributed by atoms with E-state index < -0.39 is 12.1 Å². The first-order chi connectivity index (χ1) is 7.89. The molecule has 17 heavy (non-hydrogen) atoms. The first-order valence-corrected chi connectivity index (χ1v) is 4.79. The molecule has 0 unspecified atom stereocenters. The quantitative estimate of drug-likeness (QED) is 0.532. The van der Waals surface area contributed by atoms with Crippen LogP contribution >= 0.6 is 12.2 Å². The zero-order valence-corrected chi connectivity index (χ0v) is 9.15. The molecule has 0 aromatic heterocycles. The van der Waals surface area contributed by atoms with Crippen molar-refractivity contribution >= 4 is 28.9 Å². The number of benzene rings is 1. The maximum absolute atomic E-state index is 11.8. The molecular weight excluding hydrogens is 255 g/mol. The van der Waals surface area contributed by atoms with Crippen molar-refractivity contribution < 1.29 is 18.0 Å². The summed E-state index contributed by atoms with van der Waals surface area (Å²) in [7, 11) is 0. The van der Waals surface area contributed by atoms with Gasteiger partial charge in [0.05, 0.1) is 0 Å². The molecule has 8 heteroatoms.